The van der Waals surface area contributed by atoms with Crippen LogP contribution in [0.5, 0.6) is 0 Å². The molecule has 0 unspecified atom stereocenters. The number of hydrogen-bond donors (Lipinski definition) is 0. The fourth-order valence-corrected chi connectivity index (χ4v) is 9.21. The molecule has 0 heterocycles. The Hall–Kier alpha value is -1.85. The van der Waals surface area contributed by atoms with E-state index in [9.17, 15) is 14.4 Å². The van der Waals surface area contributed by atoms with Crippen molar-refractivity contribution in [1.29, 1.82) is 0 Å². The van der Waals surface area contributed by atoms with Crippen molar-refractivity contribution in [3.63, 3.8) is 0 Å². The van der Waals surface area contributed by atoms with Gasteiger partial charge in [-0.2, -0.15) is 0 Å². The topological polar surface area (TPSA) is 78.9 Å². The molecule has 0 amide bonds. The lowest BCUT2D eigenvalue weighted by atomic mass is 10.0. The highest BCUT2D eigenvalue weighted by atomic mass is 16.6. The Bertz CT molecular complexity index is 1040. The summed E-state index contributed by atoms with van der Waals surface area (Å²) in [4.78, 5) is 38.2. The molecule has 0 aromatic carbocycles. The molecule has 396 valence electrons. The number of allylic oxidation sites excluding steroid dienone is 2. The quantitative estimate of drug-likeness (QED) is 0.0262. The van der Waals surface area contributed by atoms with Crippen molar-refractivity contribution in [2.45, 2.75) is 348 Å². The summed E-state index contributed by atoms with van der Waals surface area (Å²) in [6.45, 7) is 6.69. The molecule has 0 saturated heterocycles. The standard InChI is InChI=1S/C61H116O6/c1-4-7-10-13-16-19-22-25-28-29-30-31-34-36-39-42-45-48-51-54-60(63)66-57-58(67-61(64)55-52-49-46-43-40-37-33-27-24-21-18-15-12-9-6-3)56-65-59(62)53-50-47-44-41-38-35-32-26-23-20-17-14-11-8-5-2/h21,24,58H,4-20,22-23,25-57H2,1-3H3/b24-21+/t58-/m1/s1. The molecule has 6 nitrogen and oxygen atoms in total. The fourth-order valence-electron chi connectivity index (χ4n) is 9.21. The summed E-state index contributed by atoms with van der Waals surface area (Å²) in [6, 6.07) is 0. The van der Waals surface area contributed by atoms with Gasteiger partial charge in [0.1, 0.15) is 13.2 Å². The van der Waals surface area contributed by atoms with Gasteiger partial charge < -0.3 is 14.2 Å². The van der Waals surface area contributed by atoms with Crippen molar-refractivity contribution in [3.05, 3.63) is 12.2 Å². The van der Waals surface area contributed by atoms with Crippen LogP contribution < -0.4 is 0 Å². The molecule has 0 radical (unpaired) electrons. The Morgan fingerprint density at radius 2 is 0.493 bits per heavy atom. The summed E-state index contributed by atoms with van der Waals surface area (Å²) < 4.78 is 16.9. The van der Waals surface area contributed by atoms with E-state index < -0.39 is 6.10 Å². The van der Waals surface area contributed by atoms with Gasteiger partial charge in [0.05, 0.1) is 0 Å². The van der Waals surface area contributed by atoms with Gasteiger partial charge in [0.25, 0.3) is 0 Å². The summed E-state index contributed by atoms with van der Waals surface area (Å²) in [6.07, 6.45) is 64.9. The minimum Gasteiger partial charge on any atom is -0.462 e. The maximum atomic E-state index is 12.9. The average molecular weight is 946 g/mol. The van der Waals surface area contributed by atoms with E-state index in [0.29, 0.717) is 19.3 Å². The molecule has 0 bridgehead atoms. The molecule has 1 atom stereocenters. The SMILES string of the molecule is CCCCCC/C=C/CCCCCCCCCC(=O)O[C@H](COC(=O)CCCCCCCCCCCCCCCCC)COC(=O)CCCCCCCCCCCCCCCCCCCCC. The maximum absolute atomic E-state index is 12.9. The normalized spacial score (nSPS) is 12.0. The second kappa shape index (κ2) is 56.7. The highest BCUT2D eigenvalue weighted by molar-refractivity contribution is 5.71. The van der Waals surface area contributed by atoms with Crippen LogP contribution in [0.15, 0.2) is 12.2 Å². The van der Waals surface area contributed by atoms with Crippen molar-refractivity contribution >= 4 is 17.9 Å². The van der Waals surface area contributed by atoms with E-state index in [1.54, 1.807) is 0 Å². The third-order valence-electron chi connectivity index (χ3n) is 13.8. The number of hydrogen-bond acceptors (Lipinski definition) is 6. The van der Waals surface area contributed by atoms with Gasteiger partial charge in [-0.3, -0.25) is 14.4 Å². The highest BCUT2D eigenvalue weighted by Gasteiger charge is 2.19. The molecule has 0 aliphatic carbocycles. The average Bonchev–Trinajstić information content (AvgIpc) is 3.33. The molecular weight excluding hydrogens is 829 g/mol. The minimum absolute atomic E-state index is 0.0655. The van der Waals surface area contributed by atoms with E-state index >= 15 is 0 Å². The van der Waals surface area contributed by atoms with Crippen molar-refractivity contribution in [2.24, 2.45) is 0 Å². The summed E-state index contributed by atoms with van der Waals surface area (Å²) in [5.41, 5.74) is 0. The first-order chi connectivity index (χ1) is 33.0. The van der Waals surface area contributed by atoms with Gasteiger partial charge in [-0.05, 0) is 44.9 Å². The number of esters is 3. The first-order valence-corrected chi connectivity index (χ1v) is 30.2. The van der Waals surface area contributed by atoms with Gasteiger partial charge >= 0.3 is 17.9 Å². The van der Waals surface area contributed by atoms with Gasteiger partial charge in [-0.25, -0.2) is 0 Å². The van der Waals surface area contributed by atoms with E-state index in [4.69, 9.17) is 14.2 Å². The van der Waals surface area contributed by atoms with Crippen LogP contribution in [0.25, 0.3) is 0 Å². The lowest BCUT2D eigenvalue weighted by molar-refractivity contribution is -0.167. The van der Waals surface area contributed by atoms with Crippen molar-refractivity contribution in [3.8, 4) is 0 Å². The third-order valence-corrected chi connectivity index (χ3v) is 13.8. The highest BCUT2D eigenvalue weighted by Crippen LogP contribution is 2.18. The number of unbranched alkanes of at least 4 members (excludes halogenated alkanes) is 43. The molecule has 0 spiro atoms. The third kappa shape index (κ3) is 55.0. The van der Waals surface area contributed by atoms with Crippen LogP contribution >= 0.6 is 0 Å². The molecule has 0 rings (SSSR count). The van der Waals surface area contributed by atoms with E-state index in [1.165, 1.54) is 244 Å². The summed E-state index contributed by atoms with van der Waals surface area (Å²) in [5.74, 6) is -0.843. The van der Waals surface area contributed by atoms with Crippen LogP contribution in [-0.4, -0.2) is 37.2 Å². The van der Waals surface area contributed by atoms with E-state index in [0.717, 1.165) is 57.8 Å². The smallest absolute Gasteiger partial charge is 0.306 e. The first kappa shape index (κ1) is 65.1. The van der Waals surface area contributed by atoms with Crippen LogP contribution in [-0.2, 0) is 28.6 Å². The molecule has 0 fully saturated rings. The van der Waals surface area contributed by atoms with E-state index in [1.807, 2.05) is 0 Å². The van der Waals surface area contributed by atoms with Crippen LogP contribution in [0.2, 0.25) is 0 Å². The van der Waals surface area contributed by atoms with Gasteiger partial charge in [-0.15, -0.1) is 0 Å². The zero-order valence-corrected chi connectivity index (χ0v) is 45.5. The number of carbonyl (C=O) groups is 3. The number of carbonyl (C=O) groups excluding carboxylic acids is 3. The predicted octanol–water partition coefficient (Wildman–Crippen LogP) is 20.1. The molecule has 0 aromatic heterocycles. The molecule has 0 aliphatic heterocycles. The van der Waals surface area contributed by atoms with Crippen LogP contribution in [0.4, 0.5) is 0 Å². The lowest BCUT2D eigenvalue weighted by Gasteiger charge is -2.18. The summed E-state index contributed by atoms with van der Waals surface area (Å²) in [7, 11) is 0. The number of ether oxygens (including phenoxy) is 3. The van der Waals surface area contributed by atoms with E-state index in [2.05, 4.69) is 32.9 Å². The Morgan fingerprint density at radius 1 is 0.284 bits per heavy atom. The van der Waals surface area contributed by atoms with Crippen molar-refractivity contribution < 1.29 is 28.6 Å². The lowest BCUT2D eigenvalue weighted by Crippen LogP contribution is -2.30. The monoisotopic (exact) mass is 945 g/mol. The number of rotatable bonds is 56. The van der Waals surface area contributed by atoms with Gasteiger partial charge in [0, 0.05) is 19.3 Å². The summed E-state index contributed by atoms with van der Waals surface area (Å²) >= 11 is 0. The zero-order valence-electron chi connectivity index (χ0n) is 45.5. The predicted molar refractivity (Wildman–Crippen MR) is 289 cm³/mol. The Kier molecular flexibility index (Phi) is 55.2. The first-order valence-electron chi connectivity index (χ1n) is 30.2. The Morgan fingerprint density at radius 3 is 0.761 bits per heavy atom. The summed E-state index contributed by atoms with van der Waals surface area (Å²) in [5, 5.41) is 0. The second-order valence-electron chi connectivity index (χ2n) is 20.6. The van der Waals surface area contributed by atoms with Crippen molar-refractivity contribution in [1.82, 2.24) is 0 Å². The minimum atomic E-state index is -0.767. The Balaban J connectivity index is 4.29. The van der Waals surface area contributed by atoms with Crippen LogP contribution in [0, 0.1) is 0 Å². The van der Waals surface area contributed by atoms with Gasteiger partial charge in [-0.1, -0.05) is 290 Å². The second-order valence-corrected chi connectivity index (χ2v) is 20.6. The van der Waals surface area contributed by atoms with E-state index in [-0.39, 0.29) is 31.1 Å². The molecule has 6 heteroatoms. The zero-order chi connectivity index (χ0) is 48.6. The molecule has 0 saturated carbocycles. The fraction of sp³-hybridized carbons (Fsp3) is 0.918. The molecule has 67 heavy (non-hydrogen) atoms. The maximum Gasteiger partial charge on any atom is 0.306 e. The van der Waals surface area contributed by atoms with Gasteiger partial charge in [0.15, 0.2) is 6.10 Å². The van der Waals surface area contributed by atoms with Crippen molar-refractivity contribution in [2.75, 3.05) is 13.2 Å². The molecule has 0 aliphatic rings. The van der Waals surface area contributed by atoms with Gasteiger partial charge in [0.2, 0.25) is 0 Å². The largest absolute Gasteiger partial charge is 0.462 e. The molecular formula is C61H116O6. The van der Waals surface area contributed by atoms with Crippen LogP contribution in [0.3, 0.4) is 0 Å². The molecule has 0 aromatic rings. The van der Waals surface area contributed by atoms with Crippen LogP contribution in [0.1, 0.15) is 342 Å². The molecule has 0 N–H and O–H groups in total. The Labute approximate surface area is 418 Å².